The van der Waals surface area contributed by atoms with Gasteiger partial charge in [-0.15, -0.1) is 0 Å². The zero-order chi connectivity index (χ0) is 21.2. The van der Waals surface area contributed by atoms with Crippen LogP contribution in [-0.4, -0.2) is 36.9 Å². The van der Waals surface area contributed by atoms with Crippen LogP contribution >= 0.6 is 0 Å². The largest absolute Gasteiger partial charge is 0.459 e. The lowest BCUT2D eigenvalue weighted by Gasteiger charge is -2.26. The molecule has 1 fully saturated rings. The Hall–Kier alpha value is -2.76. The second-order valence-electron chi connectivity index (χ2n) is 9.17. The number of amides is 2. The van der Waals surface area contributed by atoms with Gasteiger partial charge in [0.25, 0.3) is 5.91 Å². The van der Waals surface area contributed by atoms with Gasteiger partial charge in [0, 0.05) is 44.5 Å². The first-order chi connectivity index (χ1) is 13.6. The van der Waals surface area contributed by atoms with Crippen molar-refractivity contribution in [1.29, 1.82) is 0 Å². The Morgan fingerprint density at radius 3 is 2.45 bits per heavy atom. The van der Waals surface area contributed by atoms with Crippen LogP contribution < -0.4 is 10.2 Å². The normalized spacial score (nSPS) is 13.8. The van der Waals surface area contributed by atoms with E-state index < -0.39 is 0 Å². The zero-order valence-electron chi connectivity index (χ0n) is 18.0. The van der Waals surface area contributed by atoms with Gasteiger partial charge >= 0.3 is 0 Å². The molecular weight excluding hydrogens is 366 g/mol. The molecule has 0 spiro atoms. The van der Waals surface area contributed by atoms with E-state index in [9.17, 15) is 9.59 Å². The fourth-order valence-electron chi connectivity index (χ4n) is 3.39. The SMILES string of the molecule is CN(C)c1ccc(NC(=O)CC(C)(C)C)cc1CN(C(=O)c1ccco1)C1CC1. The summed E-state index contributed by atoms with van der Waals surface area (Å²) in [6.07, 6.45) is 3.98. The molecule has 0 saturated heterocycles. The first-order valence-corrected chi connectivity index (χ1v) is 10.1. The average molecular weight is 398 g/mol. The molecule has 1 N–H and O–H groups in total. The monoisotopic (exact) mass is 397 g/mol. The summed E-state index contributed by atoms with van der Waals surface area (Å²) in [4.78, 5) is 29.2. The van der Waals surface area contributed by atoms with E-state index in [2.05, 4.69) is 5.32 Å². The third kappa shape index (κ3) is 5.62. The van der Waals surface area contributed by atoms with Crippen LogP contribution in [0.2, 0.25) is 0 Å². The van der Waals surface area contributed by atoms with Crippen LogP contribution in [-0.2, 0) is 11.3 Å². The van der Waals surface area contributed by atoms with E-state index in [4.69, 9.17) is 4.42 Å². The average Bonchev–Trinajstić information content (AvgIpc) is 3.30. The lowest BCUT2D eigenvalue weighted by molar-refractivity contribution is -0.117. The number of nitrogens with one attached hydrogen (secondary N) is 1. The Kier molecular flexibility index (Phi) is 6.01. The van der Waals surface area contributed by atoms with E-state index in [1.807, 2.05) is 62.9 Å². The molecule has 6 nitrogen and oxygen atoms in total. The van der Waals surface area contributed by atoms with Crippen molar-refractivity contribution in [2.45, 2.75) is 52.6 Å². The molecule has 1 aromatic heterocycles. The van der Waals surface area contributed by atoms with E-state index in [-0.39, 0.29) is 23.3 Å². The summed E-state index contributed by atoms with van der Waals surface area (Å²) in [5, 5.41) is 3.00. The molecule has 0 aliphatic heterocycles. The van der Waals surface area contributed by atoms with Crippen molar-refractivity contribution in [2.75, 3.05) is 24.3 Å². The number of furan rings is 1. The highest BCUT2D eigenvalue weighted by Crippen LogP contribution is 2.33. The fourth-order valence-corrected chi connectivity index (χ4v) is 3.39. The Bertz CT molecular complexity index is 862. The Balaban J connectivity index is 1.83. The molecule has 1 aliphatic rings. The minimum Gasteiger partial charge on any atom is -0.459 e. The lowest BCUT2D eigenvalue weighted by Crippen LogP contribution is -2.33. The molecule has 156 valence electrons. The zero-order valence-corrected chi connectivity index (χ0v) is 18.0. The minimum atomic E-state index is -0.0932. The summed E-state index contributed by atoms with van der Waals surface area (Å²) in [6, 6.07) is 9.55. The van der Waals surface area contributed by atoms with Gasteiger partial charge in [-0.05, 0) is 54.2 Å². The van der Waals surface area contributed by atoms with Gasteiger partial charge in [-0.25, -0.2) is 0 Å². The molecule has 1 heterocycles. The number of carbonyl (C=O) groups excluding carboxylic acids is 2. The summed E-state index contributed by atoms with van der Waals surface area (Å²) in [5.74, 6) is 0.258. The van der Waals surface area contributed by atoms with Crippen LogP contribution in [0.3, 0.4) is 0 Å². The van der Waals surface area contributed by atoms with Crippen LogP contribution in [0.15, 0.2) is 41.0 Å². The van der Waals surface area contributed by atoms with Crippen molar-refractivity contribution in [3.05, 3.63) is 47.9 Å². The Morgan fingerprint density at radius 2 is 1.90 bits per heavy atom. The predicted octanol–water partition coefficient (Wildman–Crippen LogP) is 4.53. The van der Waals surface area contributed by atoms with Crippen molar-refractivity contribution in [1.82, 2.24) is 4.90 Å². The van der Waals surface area contributed by atoms with Crippen molar-refractivity contribution in [3.63, 3.8) is 0 Å². The maximum Gasteiger partial charge on any atom is 0.290 e. The van der Waals surface area contributed by atoms with Gasteiger partial charge in [0.2, 0.25) is 5.91 Å². The van der Waals surface area contributed by atoms with E-state index in [1.165, 1.54) is 6.26 Å². The van der Waals surface area contributed by atoms with Gasteiger partial charge in [-0.1, -0.05) is 20.8 Å². The third-order valence-corrected chi connectivity index (χ3v) is 4.86. The van der Waals surface area contributed by atoms with Crippen LogP contribution in [0.4, 0.5) is 11.4 Å². The van der Waals surface area contributed by atoms with Gasteiger partial charge in [-0.3, -0.25) is 9.59 Å². The Morgan fingerprint density at radius 1 is 1.17 bits per heavy atom. The molecule has 0 bridgehead atoms. The van der Waals surface area contributed by atoms with Gasteiger partial charge in [0.1, 0.15) is 0 Å². The first-order valence-electron chi connectivity index (χ1n) is 10.1. The highest BCUT2D eigenvalue weighted by Gasteiger charge is 2.34. The Labute approximate surface area is 172 Å². The number of benzene rings is 1. The minimum absolute atomic E-state index is 0.00763. The second kappa shape index (κ2) is 8.31. The topological polar surface area (TPSA) is 65.8 Å². The highest BCUT2D eigenvalue weighted by atomic mass is 16.3. The van der Waals surface area contributed by atoms with Gasteiger partial charge in [-0.2, -0.15) is 0 Å². The van der Waals surface area contributed by atoms with Gasteiger partial charge in [0.15, 0.2) is 5.76 Å². The van der Waals surface area contributed by atoms with E-state index in [0.29, 0.717) is 18.7 Å². The summed E-state index contributed by atoms with van der Waals surface area (Å²) in [7, 11) is 3.96. The number of hydrogen-bond donors (Lipinski definition) is 1. The summed E-state index contributed by atoms with van der Waals surface area (Å²) in [6.45, 7) is 6.60. The molecule has 1 aliphatic carbocycles. The van der Waals surface area contributed by atoms with Crippen LogP contribution in [0.25, 0.3) is 0 Å². The maximum absolute atomic E-state index is 12.9. The van der Waals surface area contributed by atoms with Crippen molar-refractivity contribution in [2.24, 2.45) is 5.41 Å². The molecule has 1 aromatic carbocycles. The number of rotatable bonds is 7. The molecule has 3 rings (SSSR count). The van der Waals surface area contributed by atoms with Gasteiger partial charge in [0.05, 0.1) is 6.26 Å². The quantitative estimate of drug-likeness (QED) is 0.746. The molecule has 0 unspecified atom stereocenters. The molecule has 0 atom stereocenters. The molecule has 2 aromatic rings. The smallest absolute Gasteiger partial charge is 0.290 e. The number of hydrogen-bond acceptors (Lipinski definition) is 4. The van der Waals surface area contributed by atoms with Crippen molar-refractivity contribution < 1.29 is 14.0 Å². The number of anilines is 2. The fraction of sp³-hybridized carbons (Fsp3) is 0.478. The summed E-state index contributed by atoms with van der Waals surface area (Å²) < 4.78 is 5.33. The maximum atomic E-state index is 12.9. The predicted molar refractivity (Wildman–Crippen MR) is 115 cm³/mol. The molecule has 1 saturated carbocycles. The molecular formula is C23H31N3O3. The van der Waals surface area contributed by atoms with Crippen molar-refractivity contribution in [3.8, 4) is 0 Å². The van der Waals surface area contributed by atoms with E-state index in [1.54, 1.807) is 12.1 Å². The standard InChI is InChI=1S/C23H31N3O3/c1-23(2,3)14-21(27)24-17-8-11-19(25(4)5)16(13-17)15-26(18-9-10-18)22(28)20-7-6-12-29-20/h6-8,11-13,18H,9-10,14-15H2,1-5H3,(H,24,27). The van der Waals surface area contributed by atoms with Gasteiger partial charge < -0.3 is 19.5 Å². The molecule has 2 amide bonds. The lowest BCUT2D eigenvalue weighted by atomic mass is 9.92. The molecule has 6 heteroatoms. The highest BCUT2D eigenvalue weighted by molar-refractivity contribution is 5.93. The van der Waals surface area contributed by atoms with Crippen LogP contribution in [0.5, 0.6) is 0 Å². The summed E-state index contributed by atoms with van der Waals surface area (Å²) >= 11 is 0. The van der Waals surface area contributed by atoms with Crippen molar-refractivity contribution >= 4 is 23.2 Å². The molecule has 0 radical (unpaired) electrons. The van der Waals surface area contributed by atoms with E-state index >= 15 is 0 Å². The summed E-state index contributed by atoms with van der Waals surface area (Å²) in [5.41, 5.74) is 2.70. The van der Waals surface area contributed by atoms with E-state index in [0.717, 1.165) is 29.8 Å². The van der Waals surface area contributed by atoms with Crippen LogP contribution in [0, 0.1) is 5.41 Å². The third-order valence-electron chi connectivity index (χ3n) is 4.86. The second-order valence-corrected chi connectivity index (χ2v) is 9.17. The molecule has 29 heavy (non-hydrogen) atoms. The first kappa shape index (κ1) is 21.0. The van der Waals surface area contributed by atoms with Crippen LogP contribution in [0.1, 0.15) is 56.2 Å². The number of carbonyl (C=O) groups is 2. The number of nitrogens with zero attached hydrogens (tertiary/aromatic N) is 2.